The Morgan fingerprint density at radius 2 is 2.13 bits per heavy atom. The predicted molar refractivity (Wildman–Crippen MR) is 53.2 cm³/mol. The Bertz CT molecular complexity index is 648. The van der Waals surface area contributed by atoms with E-state index in [1.54, 1.807) is 6.07 Å². The molecule has 1 aromatic rings. The standard InChI is InChI=1S/C12H7N2O/c13-8-10-4-5-11-12(15-10)7-9-3-1-2-6-14(9)11/h1-7H/q+1. The van der Waals surface area contributed by atoms with E-state index in [-0.39, 0.29) is 0 Å². The molecule has 0 aromatic carbocycles. The summed E-state index contributed by atoms with van der Waals surface area (Å²) in [5, 5.41) is 8.72. The van der Waals surface area contributed by atoms with Crippen LogP contribution in [0.5, 0.6) is 0 Å². The molecule has 3 nitrogen and oxygen atoms in total. The normalized spacial score (nSPS) is 10.6. The molecule has 15 heavy (non-hydrogen) atoms. The molecule has 0 aliphatic carbocycles. The fraction of sp³-hybridized carbons (Fsp3) is 0. The summed E-state index contributed by atoms with van der Waals surface area (Å²) in [6.45, 7) is 0. The van der Waals surface area contributed by atoms with Crippen LogP contribution in [0.25, 0.3) is 17.0 Å². The maximum Gasteiger partial charge on any atom is 0.254 e. The number of nitriles is 1. The molecule has 3 heteroatoms. The van der Waals surface area contributed by atoms with Crippen LogP contribution in [-0.4, -0.2) is 0 Å². The summed E-state index contributed by atoms with van der Waals surface area (Å²) in [5.41, 5.74) is 2.04. The van der Waals surface area contributed by atoms with Crippen molar-refractivity contribution in [3.8, 4) is 17.5 Å². The molecule has 0 radical (unpaired) electrons. The Balaban J connectivity index is 2.45. The van der Waals surface area contributed by atoms with Gasteiger partial charge in [0.15, 0.2) is 6.20 Å². The number of nitrogens with zero attached hydrogens (tertiary/aromatic N) is 2. The Morgan fingerprint density at radius 1 is 1.20 bits per heavy atom. The lowest BCUT2D eigenvalue weighted by Crippen LogP contribution is -2.19. The molecule has 2 aliphatic rings. The SMILES string of the molecule is N#Cc1ccc2[n+]3ccccc3cc-2o1. The summed E-state index contributed by atoms with van der Waals surface area (Å²) in [7, 11) is 0. The third-order valence-corrected chi connectivity index (χ3v) is 2.41. The van der Waals surface area contributed by atoms with Gasteiger partial charge in [-0.1, -0.05) is 0 Å². The molecule has 3 rings (SSSR count). The topological polar surface area (TPSA) is 41.0 Å². The zero-order valence-corrected chi connectivity index (χ0v) is 7.84. The van der Waals surface area contributed by atoms with Gasteiger partial charge in [0.05, 0.1) is 6.07 Å². The second-order valence-corrected chi connectivity index (χ2v) is 3.30. The highest BCUT2D eigenvalue weighted by Gasteiger charge is 2.20. The molecule has 70 valence electrons. The van der Waals surface area contributed by atoms with Gasteiger partial charge in [-0.3, -0.25) is 0 Å². The second kappa shape index (κ2) is 2.82. The summed E-state index contributed by atoms with van der Waals surface area (Å²) in [6.07, 6.45) is 1.97. The number of aromatic nitrogens is 1. The molecule has 0 fully saturated rings. The van der Waals surface area contributed by atoms with Gasteiger partial charge in [0.2, 0.25) is 17.0 Å². The molecule has 0 N–H and O–H groups in total. The van der Waals surface area contributed by atoms with Crippen LogP contribution >= 0.6 is 0 Å². The zero-order valence-electron chi connectivity index (χ0n) is 7.84. The molecule has 0 saturated heterocycles. The first kappa shape index (κ1) is 8.01. The number of rotatable bonds is 0. The Labute approximate surface area is 86.1 Å². The van der Waals surface area contributed by atoms with E-state index in [4.69, 9.17) is 9.68 Å². The molecule has 1 aromatic heterocycles. The Hall–Kier alpha value is -2.34. The van der Waals surface area contributed by atoms with Crippen molar-refractivity contribution < 1.29 is 8.82 Å². The fourth-order valence-corrected chi connectivity index (χ4v) is 1.73. The summed E-state index contributed by atoms with van der Waals surface area (Å²) >= 11 is 0. The van der Waals surface area contributed by atoms with Gasteiger partial charge in [-0.2, -0.15) is 9.66 Å². The minimum Gasteiger partial charge on any atom is -0.439 e. The van der Waals surface area contributed by atoms with E-state index in [0.29, 0.717) is 5.76 Å². The summed E-state index contributed by atoms with van der Waals surface area (Å²) in [4.78, 5) is 0. The van der Waals surface area contributed by atoms with Gasteiger partial charge < -0.3 is 4.42 Å². The highest BCUT2D eigenvalue weighted by atomic mass is 16.3. The van der Waals surface area contributed by atoms with E-state index in [0.717, 1.165) is 17.0 Å². The number of hydrogen-bond acceptors (Lipinski definition) is 2. The van der Waals surface area contributed by atoms with E-state index in [1.165, 1.54) is 0 Å². The second-order valence-electron chi connectivity index (χ2n) is 3.30. The van der Waals surface area contributed by atoms with Crippen LogP contribution in [0.3, 0.4) is 0 Å². The van der Waals surface area contributed by atoms with Gasteiger partial charge in [-0.25, -0.2) is 0 Å². The zero-order chi connectivity index (χ0) is 10.3. The first-order chi connectivity index (χ1) is 7.38. The molecular weight excluding hydrogens is 188 g/mol. The number of fused-ring (bicyclic) bond motifs is 3. The average Bonchev–Trinajstić information content (AvgIpc) is 2.66. The summed E-state index contributed by atoms with van der Waals surface area (Å²) in [6, 6.07) is 13.4. The summed E-state index contributed by atoms with van der Waals surface area (Å²) < 4.78 is 7.44. The van der Waals surface area contributed by atoms with E-state index in [2.05, 4.69) is 0 Å². The van der Waals surface area contributed by atoms with Gasteiger partial charge in [-0.15, -0.1) is 0 Å². The minimum absolute atomic E-state index is 0.332. The molecule has 0 unspecified atom stereocenters. The van der Waals surface area contributed by atoms with Gasteiger partial charge in [0.1, 0.15) is 6.07 Å². The molecule has 0 spiro atoms. The fourth-order valence-electron chi connectivity index (χ4n) is 1.73. The number of hydrogen-bond donors (Lipinski definition) is 0. The maximum absolute atomic E-state index is 8.72. The van der Waals surface area contributed by atoms with Gasteiger partial charge in [0.25, 0.3) is 5.69 Å². The first-order valence-electron chi connectivity index (χ1n) is 4.61. The molecule has 3 heterocycles. The lowest BCUT2D eigenvalue weighted by molar-refractivity contribution is -0.496. The van der Waals surface area contributed by atoms with Crippen LogP contribution in [0.2, 0.25) is 0 Å². The molecular formula is C12H7N2O+. The van der Waals surface area contributed by atoms with Gasteiger partial charge in [-0.05, 0) is 12.1 Å². The smallest absolute Gasteiger partial charge is 0.254 e. The van der Waals surface area contributed by atoms with Crippen molar-refractivity contribution in [3.05, 3.63) is 48.4 Å². The first-order valence-corrected chi connectivity index (χ1v) is 4.61. The van der Waals surface area contributed by atoms with Crippen LogP contribution in [0.4, 0.5) is 0 Å². The predicted octanol–water partition coefficient (Wildman–Crippen LogP) is 1.99. The van der Waals surface area contributed by atoms with Crippen molar-refractivity contribution in [2.24, 2.45) is 0 Å². The molecule has 0 bridgehead atoms. The summed E-state index contributed by atoms with van der Waals surface area (Å²) in [5.74, 6) is 1.07. The van der Waals surface area contributed by atoms with E-state index >= 15 is 0 Å². The lowest BCUT2D eigenvalue weighted by atomic mass is 10.3. The largest absolute Gasteiger partial charge is 0.439 e. The average molecular weight is 195 g/mol. The quantitative estimate of drug-likeness (QED) is 0.515. The van der Waals surface area contributed by atoms with Crippen LogP contribution in [0.15, 0.2) is 47.0 Å². The van der Waals surface area contributed by atoms with Crippen molar-refractivity contribution in [2.75, 3.05) is 0 Å². The third kappa shape index (κ3) is 1.09. The Morgan fingerprint density at radius 3 is 3.00 bits per heavy atom. The number of pyridine rings is 1. The molecule has 2 aliphatic heterocycles. The van der Waals surface area contributed by atoms with Gasteiger partial charge >= 0.3 is 0 Å². The Kier molecular flexibility index (Phi) is 1.51. The highest BCUT2D eigenvalue weighted by Crippen LogP contribution is 2.22. The van der Waals surface area contributed by atoms with E-state index < -0.39 is 0 Å². The van der Waals surface area contributed by atoms with Crippen molar-refractivity contribution in [2.45, 2.75) is 0 Å². The van der Waals surface area contributed by atoms with Crippen molar-refractivity contribution >= 4 is 5.52 Å². The van der Waals surface area contributed by atoms with Crippen LogP contribution in [0.1, 0.15) is 5.76 Å². The monoisotopic (exact) mass is 195 g/mol. The van der Waals surface area contributed by atoms with E-state index in [1.807, 2.05) is 47.0 Å². The van der Waals surface area contributed by atoms with Gasteiger partial charge in [0, 0.05) is 18.2 Å². The van der Waals surface area contributed by atoms with E-state index in [9.17, 15) is 0 Å². The minimum atomic E-state index is 0.332. The van der Waals surface area contributed by atoms with Crippen LogP contribution in [-0.2, 0) is 0 Å². The molecule has 0 amide bonds. The third-order valence-electron chi connectivity index (χ3n) is 2.41. The van der Waals surface area contributed by atoms with Crippen LogP contribution in [0, 0.1) is 11.3 Å². The maximum atomic E-state index is 8.72. The van der Waals surface area contributed by atoms with Crippen molar-refractivity contribution in [1.82, 2.24) is 0 Å². The van der Waals surface area contributed by atoms with Crippen molar-refractivity contribution in [1.29, 1.82) is 5.26 Å². The van der Waals surface area contributed by atoms with Crippen molar-refractivity contribution in [3.63, 3.8) is 0 Å². The lowest BCUT2D eigenvalue weighted by Gasteiger charge is -1.92. The highest BCUT2D eigenvalue weighted by molar-refractivity contribution is 5.60. The van der Waals surface area contributed by atoms with Crippen LogP contribution < -0.4 is 4.40 Å². The molecule has 0 saturated carbocycles. The molecule has 0 atom stereocenters.